The van der Waals surface area contributed by atoms with Crippen LogP contribution in [0.1, 0.15) is 4.88 Å². The van der Waals surface area contributed by atoms with Crippen LogP contribution in [-0.2, 0) is 6.54 Å². The highest BCUT2D eigenvalue weighted by Gasteiger charge is 2.19. The van der Waals surface area contributed by atoms with E-state index in [0.717, 1.165) is 17.0 Å². The average molecular weight is 492 g/mol. The van der Waals surface area contributed by atoms with Gasteiger partial charge in [0.15, 0.2) is 11.6 Å². The first kappa shape index (κ1) is 22.5. The maximum Gasteiger partial charge on any atom is 0.333 e. The first-order valence-electron chi connectivity index (χ1n) is 9.52. The van der Waals surface area contributed by atoms with Crippen LogP contribution in [0, 0.1) is 11.6 Å². The van der Waals surface area contributed by atoms with E-state index >= 15 is 0 Å². The highest BCUT2D eigenvalue weighted by Crippen LogP contribution is 2.23. The van der Waals surface area contributed by atoms with Gasteiger partial charge in [-0.15, -0.1) is 11.3 Å². The number of benzene rings is 2. The van der Waals surface area contributed by atoms with E-state index in [-0.39, 0.29) is 23.1 Å². The third-order valence-corrected chi connectivity index (χ3v) is 5.97. The topological polar surface area (TPSA) is 108 Å². The number of hydrogen-bond donors (Lipinski definition) is 4. The van der Waals surface area contributed by atoms with Crippen LogP contribution in [0.15, 0.2) is 52.1 Å². The van der Waals surface area contributed by atoms with E-state index < -0.39 is 34.6 Å². The van der Waals surface area contributed by atoms with Crippen LogP contribution in [0.5, 0.6) is 0 Å². The van der Waals surface area contributed by atoms with E-state index in [2.05, 4.69) is 20.9 Å². The number of aromatic nitrogens is 2. The Morgan fingerprint density at radius 2 is 1.82 bits per heavy atom. The van der Waals surface area contributed by atoms with Gasteiger partial charge in [-0.3, -0.25) is 4.79 Å². The molecule has 2 heterocycles. The third kappa shape index (κ3) is 4.59. The Morgan fingerprint density at radius 3 is 2.45 bits per heavy atom. The second-order valence-electron chi connectivity index (χ2n) is 6.88. The molecule has 170 valence electrons. The lowest BCUT2D eigenvalue weighted by molar-refractivity contribution is 0.252. The minimum atomic E-state index is -1.20. The number of anilines is 2. The number of thiophene rings is 1. The number of halogens is 3. The molecule has 0 saturated heterocycles. The van der Waals surface area contributed by atoms with Gasteiger partial charge >= 0.3 is 11.7 Å². The summed E-state index contributed by atoms with van der Waals surface area (Å²) < 4.78 is 30.6. The SMILES string of the molecule is CNc1ccc2c(=O)n(-c3c(F)cc(NC(=O)NCc4ccc(Cl)s4)cc3F)c(=O)[nH]c2c1. The van der Waals surface area contributed by atoms with E-state index in [4.69, 9.17) is 11.6 Å². The summed E-state index contributed by atoms with van der Waals surface area (Å²) in [7, 11) is 1.67. The molecule has 0 bridgehead atoms. The zero-order valence-corrected chi connectivity index (χ0v) is 18.5. The minimum Gasteiger partial charge on any atom is -0.388 e. The van der Waals surface area contributed by atoms with Crippen LogP contribution in [-0.4, -0.2) is 22.6 Å². The number of H-pyrrole nitrogens is 1. The molecule has 12 heteroatoms. The Balaban J connectivity index is 1.63. The standard InChI is InChI=1S/C21H16ClF2N5O3S/c1-25-10-2-4-13-16(8-10)28-21(32)29(19(13)30)18-14(23)6-11(7-15(18)24)27-20(31)26-9-12-3-5-17(22)33-12/h2-8,25H,9H2,1H3,(H,28,32)(H2,26,27,31). The summed E-state index contributed by atoms with van der Waals surface area (Å²) in [6.07, 6.45) is 0. The number of nitrogens with one attached hydrogen (secondary N) is 4. The Labute approximate surface area is 193 Å². The normalized spacial score (nSPS) is 10.9. The lowest BCUT2D eigenvalue weighted by Gasteiger charge is -2.12. The van der Waals surface area contributed by atoms with Crippen molar-refractivity contribution in [2.75, 3.05) is 17.7 Å². The van der Waals surface area contributed by atoms with E-state index in [0.29, 0.717) is 14.6 Å². The Bertz CT molecular complexity index is 1470. The van der Waals surface area contributed by atoms with Crippen molar-refractivity contribution in [1.29, 1.82) is 0 Å². The van der Waals surface area contributed by atoms with Crippen LogP contribution < -0.4 is 27.2 Å². The van der Waals surface area contributed by atoms with Gasteiger partial charge in [-0.25, -0.2) is 22.9 Å². The van der Waals surface area contributed by atoms with Gasteiger partial charge in [0.05, 0.1) is 21.8 Å². The van der Waals surface area contributed by atoms with Crippen molar-refractivity contribution in [1.82, 2.24) is 14.9 Å². The van der Waals surface area contributed by atoms with Crippen molar-refractivity contribution in [3.8, 4) is 5.69 Å². The molecule has 4 N–H and O–H groups in total. The molecule has 0 aliphatic rings. The van der Waals surface area contributed by atoms with Crippen molar-refractivity contribution >= 4 is 51.2 Å². The molecule has 0 saturated carbocycles. The van der Waals surface area contributed by atoms with Crippen molar-refractivity contribution < 1.29 is 13.6 Å². The Hall–Kier alpha value is -3.70. The largest absolute Gasteiger partial charge is 0.388 e. The van der Waals surface area contributed by atoms with Crippen LogP contribution in [0.4, 0.5) is 25.0 Å². The molecule has 0 unspecified atom stereocenters. The summed E-state index contributed by atoms with van der Waals surface area (Å²) in [5, 5.41) is 7.79. The van der Waals surface area contributed by atoms with Gasteiger partial charge in [0, 0.05) is 23.3 Å². The molecule has 2 aromatic carbocycles. The zero-order valence-electron chi connectivity index (χ0n) is 17.0. The summed E-state index contributed by atoms with van der Waals surface area (Å²) >= 11 is 7.11. The molecule has 0 spiro atoms. The van der Waals surface area contributed by atoms with Gasteiger partial charge in [0.25, 0.3) is 5.56 Å². The van der Waals surface area contributed by atoms with Crippen LogP contribution in [0.3, 0.4) is 0 Å². The van der Waals surface area contributed by atoms with E-state index in [9.17, 15) is 23.2 Å². The monoisotopic (exact) mass is 491 g/mol. The minimum absolute atomic E-state index is 0.0719. The average Bonchev–Trinajstić information content (AvgIpc) is 3.18. The summed E-state index contributed by atoms with van der Waals surface area (Å²) in [6.45, 7) is 0.170. The molecular formula is C21H16ClF2N5O3S. The number of nitrogens with zero attached hydrogens (tertiary/aromatic N) is 1. The molecule has 33 heavy (non-hydrogen) atoms. The molecule has 2 aromatic heterocycles. The summed E-state index contributed by atoms with van der Waals surface area (Å²) in [5.41, 5.74) is -2.08. The summed E-state index contributed by atoms with van der Waals surface area (Å²) in [6, 6.07) is 8.92. The number of carbonyl (C=O) groups excluding carboxylic acids is 1. The van der Waals surface area contributed by atoms with Gasteiger partial charge in [0.2, 0.25) is 0 Å². The van der Waals surface area contributed by atoms with Gasteiger partial charge in [-0.05, 0) is 42.5 Å². The maximum atomic E-state index is 14.8. The molecule has 0 aliphatic heterocycles. The fraction of sp³-hybridized carbons (Fsp3) is 0.0952. The molecule has 0 radical (unpaired) electrons. The van der Waals surface area contributed by atoms with Crippen molar-refractivity contribution in [3.63, 3.8) is 0 Å². The maximum absolute atomic E-state index is 14.8. The smallest absolute Gasteiger partial charge is 0.333 e. The fourth-order valence-corrected chi connectivity index (χ4v) is 4.24. The molecule has 8 nitrogen and oxygen atoms in total. The first-order valence-corrected chi connectivity index (χ1v) is 10.7. The Kier molecular flexibility index (Phi) is 6.16. The van der Waals surface area contributed by atoms with Crippen molar-refractivity contribution in [2.45, 2.75) is 6.54 Å². The molecule has 4 rings (SSSR count). The number of fused-ring (bicyclic) bond motifs is 1. The molecule has 4 aromatic rings. The highest BCUT2D eigenvalue weighted by atomic mass is 35.5. The highest BCUT2D eigenvalue weighted by molar-refractivity contribution is 7.16. The van der Waals surface area contributed by atoms with Crippen LogP contribution in [0.25, 0.3) is 16.6 Å². The van der Waals surface area contributed by atoms with Crippen molar-refractivity contribution in [3.05, 3.63) is 84.2 Å². The van der Waals surface area contributed by atoms with Gasteiger partial charge in [-0.1, -0.05) is 11.6 Å². The number of amides is 2. The summed E-state index contributed by atoms with van der Waals surface area (Å²) in [5.74, 6) is -2.40. The Morgan fingerprint density at radius 1 is 1.09 bits per heavy atom. The fourth-order valence-electron chi connectivity index (χ4n) is 3.22. The van der Waals surface area contributed by atoms with Crippen LogP contribution in [0.2, 0.25) is 4.34 Å². The van der Waals surface area contributed by atoms with E-state index in [1.807, 2.05) is 0 Å². The predicted octanol–water partition coefficient (Wildman–Crippen LogP) is 4.04. The zero-order chi connectivity index (χ0) is 23.7. The molecular weight excluding hydrogens is 476 g/mol. The number of aromatic amines is 1. The van der Waals surface area contributed by atoms with E-state index in [1.54, 1.807) is 25.2 Å². The second-order valence-corrected chi connectivity index (χ2v) is 8.68. The number of rotatable bonds is 5. The van der Waals surface area contributed by atoms with Crippen LogP contribution >= 0.6 is 22.9 Å². The summed E-state index contributed by atoms with van der Waals surface area (Å²) in [4.78, 5) is 40.7. The molecule has 0 aliphatic carbocycles. The first-order chi connectivity index (χ1) is 15.8. The molecule has 0 fully saturated rings. The third-order valence-electron chi connectivity index (χ3n) is 4.74. The second kappa shape index (κ2) is 9.04. The van der Waals surface area contributed by atoms with Gasteiger partial charge in [-0.2, -0.15) is 0 Å². The van der Waals surface area contributed by atoms with Gasteiger partial charge in [0.1, 0.15) is 5.69 Å². The van der Waals surface area contributed by atoms with Gasteiger partial charge < -0.3 is 20.9 Å². The van der Waals surface area contributed by atoms with E-state index in [1.165, 1.54) is 23.5 Å². The lowest BCUT2D eigenvalue weighted by atomic mass is 10.2. The number of carbonyl (C=O) groups is 1. The van der Waals surface area contributed by atoms with Crippen molar-refractivity contribution in [2.24, 2.45) is 0 Å². The molecule has 2 amide bonds. The predicted molar refractivity (Wildman–Crippen MR) is 125 cm³/mol. The number of urea groups is 1. The number of hydrogen-bond acceptors (Lipinski definition) is 5. The lowest BCUT2D eigenvalue weighted by Crippen LogP contribution is -2.35. The quantitative estimate of drug-likeness (QED) is 0.338. The molecule has 0 atom stereocenters.